The second-order valence-electron chi connectivity index (χ2n) is 5.34. The van der Waals surface area contributed by atoms with Crippen LogP contribution in [0, 0.1) is 11.8 Å². The lowest BCUT2D eigenvalue weighted by atomic mass is 9.94. The summed E-state index contributed by atoms with van der Waals surface area (Å²) in [5.74, 6) is 0.773. The van der Waals surface area contributed by atoms with Crippen molar-refractivity contribution in [1.82, 2.24) is 0 Å². The summed E-state index contributed by atoms with van der Waals surface area (Å²) in [5.41, 5.74) is 7.28. The minimum absolute atomic E-state index is 0.00662. The summed E-state index contributed by atoms with van der Waals surface area (Å²) in [6.45, 7) is 4.81. The Balaban J connectivity index is 2.49. The van der Waals surface area contributed by atoms with Gasteiger partial charge in [-0.2, -0.15) is 0 Å². The first kappa shape index (κ1) is 15.7. The first-order chi connectivity index (χ1) is 9.05. The Hall–Kier alpha value is -1.39. The number of hydrogen-bond acceptors (Lipinski definition) is 3. The van der Waals surface area contributed by atoms with E-state index < -0.39 is 0 Å². The number of nitrogens with two attached hydrogens (primary N) is 1. The molecule has 0 radical (unpaired) electrons. The average Bonchev–Trinajstić information content (AvgIpc) is 2.38. The molecule has 1 aromatic carbocycles. The third kappa shape index (κ3) is 5.85. The fourth-order valence-corrected chi connectivity index (χ4v) is 2.10. The lowest BCUT2D eigenvalue weighted by Gasteiger charge is -2.16. The molecule has 1 atom stereocenters. The number of aliphatic hydroxyl groups is 1. The van der Waals surface area contributed by atoms with Crippen LogP contribution in [0.1, 0.15) is 32.3 Å². The van der Waals surface area contributed by atoms with Crippen molar-refractivity contribution in [3.63, 3.8) is 0 Å². The zero-order valence-corrected chi connectivity index (χ0v) is 11.7. The average molecular weight is 264 g/mol. The van der Waals surface area contributed by atoms with Crippen LogP contribution in [0.4, 0.5) is 5.69 Å². The van der Waals surface area contributed by atoms with E-state index in [1.165, 1.54) is 0 Å². The Bertz CT molecular complexity index is 388. The van der Waals surface area contributed by atoms with E-state index in [0.29, 0.717) is 18.9 Å². The topological polar surface area (TPSA) is 75.4 Å². The molecule has 106 valence electrons. The first-order valence-electron chi connectivity index (χ1n) is 6.74. The van der Waals surface area contributed by atoms with Gasteiger partial charge in [0.25, 0.3) is 0 Å². The zero-order valence-electron chi connectivity index (χ0n) is 11.7. The molecule has 0 aliphatic carbocycles. The predicted octanol–water partition coefficient (Wildman–Crippen LogP) is 2.13. The van der Waals surface area contributed by atoms with Crippen molar-refractivity contribution in [2.45, 2.75) is 33.3 Å². The van der Waals surface area contributed by atoms with E-state index in [-0.39, 0.29) is 18.4 Å². The van der Waals surface area contributed by atoms with E-state index >= 15 is 0 Å². The van der Waals surface area contributed by atoms with Gasteiger partial charge < -0.3 is 16.2 Å². The third-order valence-electron chi connectivity index (χ3n) is 3.03. The van der Waals surface area contributed by atoms with Gasteiger partial charge in [-0.15, -0.1) is 0 Å². The molecule has 0 aliphatic heterocycles. The number of hydrogen-bond donors (Lipinski definition) is 3. The number of benzene rings is 1. The van der Waals surface area contributed by atoms with Crippen molar-refractivity contribution >= 4 is 11.6 Å². The van der Waals surface area contributed by atoms with E-state index in [4.69, 9.17) is 10.8 Å². The van der Waals surface area contributed by atoms with Crippen molar-refractivity contribution in [2.75, 3.05) is 11.9 Å². The fraction of sp³-hybridized carbons (Fsp3) is 0.533. The van der Waals surface area contributed by atoms with E-state index in [1.54, 1.807) is 24.3 Å². The Morgan fingerprint density at radius 2 is 1.95 bits per heavy atom. The van der Waals surface area contributed by atoms with Crippen LogP contribution in [0.2, 0.25) is 0 Å². The quantitative estimate of drug-likeness (QED) is 0.706. The van der Waals surface area contributed by atoms with Gasteiger partial charge in [0, 0.05) is 12.1 Å². The van der Waals surface area contributed by atoms with Crippen LogP contribution in [-0.4, -0.2) is 17.6 Å². The van der Waals surface area contributed by atoms with Gasteiger partial charge >= 0.3 is 0 Å². The molecule has 0 fully saturated rings. The van der Waals surface area contributed by atoms with Gasteiger partial charge in [0.1, 0.15) is 0 Å². The summed E-state index contributed by atoms with van der Waals surface area (Å²) < 4.78 is 0. The normalized spacial score (nSPS) is 12.5. The van der Waals surface area contributed by atoms with Gasteiger partial charge in [-0.05, 0) is 42.5 Å². The zero-order chi connectivity index (χ0) is 14.3. The summed E-state index contributed by atoms with van der Waals surface area (Å²) in [5, 5.41) is 11.8. The lowest BCUT2D eigenvalue weighted by Crippen LogP contribution is -2.23. The van der Waals surface area contributed by atoms with Gasteiger partial charge in [-0.3, -0.25) is 4.79 Å². The van der Waals surface area contributed by atoms with Crippen LogP contribution in [0.5, 0.6) is 0 Å². The van der Waals surface area contributed by atoms with Gasteiger partial charge in [-0.25, -0.2) is 0 Å². The van der Waals surface area contributed by atoms with Crippen LogP contribution >= 0.6 is 0 Å². The molecular weight excluding hydrogens is 240 g/mol. The molecular formula is C15H24N2O2. The van der Waals surface area contributed by atoms with Crippen LogP contribution < -0.4 is 11.1 Å². The minimum Gasteiger partial charge on any atom is -0.392 e. The summed E-state index contributed by atoms with van der Waals surface area (Å²) >= 11 is 0. The number of nitrogens with one attached hydrogen (secondary N) is 1. The van der Waals surface area contributed by atoms with Crippen LogP contribution in [0.3, 0.4) is 0 Å². The van der Waals surface area contributed by atoms with Gasteiger partial charge in [-0.1, -0.05) is 26.0 Å². The standard InChI is InChI=1S/C15H24N2O2/c1-11(2)7-13(9-16)8-15(19)17-14-5-3-12(10-18)4-6-14/h3-6,11,13,18H,7-10,16H2,1-2H3,(H,17,19)/t13-/m0/s1. The van der Waals surface area contributed by atoms with E-state index in [1.807, 2.05) is 0 Å². The Labute approximate surface area is 115 Å². The molecule has 0 unspecified atom stereocenters. The molecule has 1 rings (SSSR count). The molecule has 0 bridgehead atoms. The highest BCUT2D eigenvalue weighted by molar-refractivity contribution is 5.90. The molecule has 4 nitrogen and oxygen atoms in total. The number of carbonyl (C=O) groups excluding carboxylic acids is 1. The van der Waals surface area contributed by atoms with Gasteiger partial charge in [0.05, 0.1) is 6.61 Å². The molecule has 1 aromatic rings. The van der Waals surface area contributed by atoms with Crippen LogP contribution in [-0.2, 0) is 11.4 Å². The van der Waals surface area contributed by atoms with Crippen LogP contribution in [0.25, 0.3) is 0 Å². The number of rotatable bonds is 7. The first-order valence-corrected chi connectivity index (χ1v) is 6.74. The molecule has 0 spiro atoms. The molecule has 19 heavy (non-hydrogen) atoms. The highest BCUT2D eigenvalue weighted by atomic mass is 16.3. The maximum atomic E-state index is 11.9. The van der Waals surface area contributed by atoms with Crippen molar-refractivity contribution in [3.05, 3.63) is 29.8 Å². The second kappa shape index (κ2) is 7.92. The fourth-order valence-electron chi connectivity index (χ4n) is 2.10. The Morgan fingerprint density at radius 3 is 2.42 bits per heavy atom. The molecule has 0 heterocycles. The number of anilines is 1. The minimum atomic E-state index is -0.00662. The third-order valence-corrected chi connectivity index (χ3v) is 3.03. The molecule has 0 aromatic heterocycles. The maximum Gasteiger partial charge on any atom is 0.224 e. The number of amides is 1. The maximum absolute atomic E-state index is 11.9. The molecule has 4 heteroatoms. The SMILES string of the molecule is CC(C)C[C@H](CN)CC(=O)Nc1ccc(CO)cc1. The van der Waals surface area contributed by atoms with Crippen molar-refractivity contribution < 1.29 is 9.90 Å². The molecule has 0 saturated carbocycles. The van der Waals surface area contributed by atoms with Crippen molar-refractivity contribution in [3.8, 4) is 0 Å². The van der Waals surface area contributed by atoms with Gasteiger partial charge in [0.15, 0.2) is 0 Å². The lowest BCUT2D eigenvalue weighted by molar-refractivity contribution is -0.117. The number of carbonyl (C=O) groups is 1. The largest absolute Gasteiger partial charge is 0.392 e. The molecule has 0 aliphatic rings. The van der Waals surface area contributed by atoms with Crippen LogP contribution in [0.15, 0.2) is 24.3 Å². The number of aliphatic hydroxyl groups excluding tert-OH is 1. The monoisotopic (exact) mass is 264 g/mol. The van der Waals surface area contributed by atoms with E-state index in [0.717, 1.165) is 17.7 Å². The highest BCUT2D eigenvalue weighted by Crippen LogP contribution is 2.16. The Morgan fingerprint density at radius 1 is 1.32 bits per heavy atom. The molecule has 4 N–H and O–H groups in total. The predicted molar refractivity (Wildman–Crippen MR) is 77.6 cm³/mol. The summed E-state index contributed by atoms with van der Waals surface area (Å²) in [4.78, 5) is 11.9. The second-order valence-corrected chi connectivity index (χ2v) is 5.34. The van der Waals surface area contributed by atoms with Crippen molar-refractivity contribution in [1.29, 1.82) is 0 Å². The van der Waals surface area contributed by atoms with Crippen molar-refractivity contribution in [2.24, 2.45) is 17.6 Å². The summed E-state index contributed by atoms with van der Waals surface area (Å²) in [7, 11) is 0. The van der Waals surface area contributed by atoms with E-state index in [9.17, 15) is 4.79 Å². The van der Waals surface area contributed by atoms with Gasteiger partial charge in [0.2, 0.25) is 5.91 Å². The Kier molecular flexibility index (Phi) is 6.53. The molecule has 0 saturated heterocycles. The highest BCUT2D eigenvalue weighted by Gasteiger charge is 2.14. The smallest absolute Gasteiger partial charge is 0.224 e. The molecule has 1 amide bonds. The summed E-state index contributed by atoms with van der Waals surface area (Å²) in [6.07, 6.45) is 1.42. The van der Waals surface area contributed by atoms with E-state index in [2.05, 4.69) is 19.2 Å². The summed E-state index contributed by atoms with van der Waals surface area (Å²) in [6, 6.07) is 7.18.